The molecule has 92 valence electrons. The van der Waals surface area contributed by atoms with Gasteiger partial charge in [0.2, 0.25) is 0 Å². The van der Waals surface area contributed by atoms with Crippen LogP contribution >= 0.6 is 0 Å². The van der Waals surface area contributed by atoms with Gasteiger partial charge in [-0.3, -0.25) is 0 Å². The maximum atomic E-state index is 9.02. The molecule has 0 radical (unpaired) electrons. The predicted molar refractivity (Wildman–Crippen MR) is 62.9 cm³/mol. The Morgan fingerprint density at radius 3 is 2.65 bits per heavy atom. The summed E-state index contributed by atoms with van der Waals surface area (Å²) in [6.07, 6.45) is 6.40. The molecule has 1 saturated heterocycles. The second-order valence-electron chi connectivity index (χ2n) is 6.07. The summed E-state index contributed by atoms with van der Waals surface area (Å²) in [5.74, 6) is 1.06. The van der Waals surface area contributed by atoms with Gasteiger partial charge in [-0.1, -0.05) is 12.2 Å². The van der Waals surface area contributed by atoms with Crippen LogP contribution < -0.4 is 0 Å². The zero-order chi connectivity index (χ0) is 12.1. The lowest BCUT2D eigenvalue weighted by Gasteiger charge is -2.48. The fourth-order valence-electron chi connectivity index (χ4n) is 3.73. The largest absolute Gasteiger partial charge is 0.350 e. The first-order chi connectivity index (χ1) is 8.07. The van der Waals surface area contributed by atoms with Crippen LogP contribution in [0.5, 0.6) is 0 Å². The molecule has 3 atom stereocenters. The Morgan fingerprint density at radius 2 is 2.00 bits per heavy atom. The maximum absolute atomic E-state index is 9.02. The van der Waals surface area contributed by atoms with Crippen molar-refractivity contribution in [3.63, 3.8) is 0 Å². The lowest BCUT2D eigenvalue weighted by atomic mass is 9.68. The monoisotopic (exact) mass is 233 g/mol. The van der Waals surface area contributed by atoms with E-state index >= 15 is 0 Å². The molecule has 1 unspecified atom stereocenters. The minimum atomic E-state index is -0.464. The lowest BCUT2D eigenvalue weighted by molar-refractivity contribution is -0.297. The number of hydrogen-bond acceptors (Lipinski definition) is 3. The molecule has 0 aromatic carbocycles. The minimum Gasteiger partial charge on any atom is -0.350 e. The van der Waals surface area contributed by atoms with Crippen molar-refractivity contribution in [1.29, 1.82) is 5.26 Å². The Labute approximate surface area is 102 Å². The second-order valence-corrected chi connectivity index (χ2v) is 6.07. The number of fused-ring (bicyclic) bond motifs is 3. The Hall–Kier alpha value is -0.850. The van der Waals surface area contributed by atoms with Gasteiger partial charge in [0.25, 0.3) is 0 Å². The molecule has 3 aliphatic rings. The van der Waals surface area contributed by atoms with Gasteiger partial charge in [-0.15, -0.1) is 0 Å². The third kappa shape index (κ3) is 1.55. The van der Waals surface area contributed by atoms with E-state index in [4.69, 9.17) is 14.7 Å². The molecular formula is C14H19NO2. The molecule has 1 saturated carbocycles. The molecule has 1 aliphatic heterocycles. The van der Waals surface area contributed by atoms with E-state index in [2.05, 4.69) is 18.2 Å². The fraction of sp³-hybridized carbons (Fsp3) is 0.786. The molecule has 0 aromatic heterocycles. The van der Waals surface area contributed by atoms with E-state index in [0.717, 1.165) is 13.2 Å². The summed E-state index contributed by atoms with van der Waals surface area (Å²) in [6.45, 7) is 5.39. The highest BCUT2D eigenvalue weighted by Crippen LogP contribution is 2.59. The Balaban J connectivity index is 1.86. The van der Waals surface area contributed by atoms with Crippen LogP contribution in [0.15, 0.2) is 12.2 Å². The molecule has 1 spiro atoms. The molecule has 0 aromatic rings. The average molecular weight is 233 g/mol. The van der Waals surface area contributed by atoms with Crippen LogP contribution in [-0.4, -0.2) is 19.0 Å². The normalized spacial score (nSPS) is 40.6. The van der Waals surface area contributed by atoms with Gasteiger partial charge in [0.05, 0.1) is 19.3 Å². The number of hydrogen-bond donors (Lipinski definition) is 0. The highest BCUT2D eigenvalue weighted by atomic mass is 16.7. The molecule has 17 heavy (non-hydrogen) atoms. The highest BCUT2D eigenvalue weighted by molar-refractivity contribution is 5.20. The van der Waals surface area contributed by atoms with Crippen LogP contribution in [-0.2, 0) is 9.47 Å². The van der Waals surface area contributed by atoms with Crippen molar-refractivity contribution in [1.82, 2.24) is 0 Å². The summed E-state index contributed by atoms with van der Waals surface area (Å²) in [5.41, 5.74) is 0.0602. The molecular weight excluding hydrogens is 214 g/mol. The molecule has 0 N–H and O–H groups in total. The first-order valence-corrected chi connectivity index (χ1v) is 6.41. The smallest absolute Gasteiger partial charge is 0.162 e. The van der Waals surface area contributed by atoms with E-state index in [1.165, 1.54) is 6.42 Å². The Bertz CT molecular complexity index is 384. The number of rotatable bonds is 1. The quantitative estimate of drug-likeness (QED) is 0.653. The van der Waals surface area contributed by atoms with Crippen molar-refractivity contribution in [2.75, 3.05) is 13.2 Å². The van der Waals surface area contributed by atoms with Crippen molar-refractivity contribution in [3.8, 4) is 6.07 Å². The summed E-state index contributed by atoms with van der Waals surface area (Å²) in [7, 11) is 0. The summed E-state index contributed by atoms with van der Waals surface area (Å²) in [6, 6.07) is 2.34. The lowest BCUT2D eigenvalue weighted by Crippen LogP contribution is -2.52. The number of ether oxygens (including phenoxy) is 2. The highest BCUT2D eigenvalue weighted by Gasteiger charge is 2.58. The van der Waals surface area contributed by atoms with E-state index in [1.54, 1.807) is 0 Å². The third-order valence-corrected chi connectivity index (χ3v) is 4.80. The molecule has 2 fully saturated rings. The van der Waals surface area contributed by atoms with Gasteiger partial charge in [-0.2, -0.15) is 5.26 Å². The second kappa shape index (κ2) is 3.57. The summed E-state index contributed by atoms with van der Waals surface area (Å²) in [4.78, 5) is 0. The number of allylic oxidation sites excluding steroid dienone is 2. The van der Waals surface area contributed by atoms with Crippen molar-refractivity contribution < 1.29 is 9.47 Å². The Kier molecular flexibility index (Phi) is 2.36. The molecule has 1 heterocycles. The molecule has 0 amide bonds. The van der Waals surface area contributed by atoms with E-state index < -0.39 is 5.79 Å². The zero-order valence-electron chi connectivity index (χ0n) is 10.5. The van der Waals surface area contributed by atoms with E-state index in [9.17, 15) is 0 Å². The van der Waals surface area contributed by atoms with Crippen molar-refractivity contribution in [3.05, 3.63) is 12.2 Å². The van der Waals surface area contributed by atoms with Crippen molar-refractivity contribution in [2.24, 2.45) is 23.2 Å². The fourth-order valence-corrected chi connectivity index (χ4v) is 3.73. The standard InChI is InChI=1S/C14H19NO2/c1-13(2)16-8-14(9-17-13)11-4-3-10(7-11)12(14)5-6-15/h3-4,10-12H,5,7-9H2,1-2H3/t10-,11?,12-/m0/s1. The van der Waals surface area contributed by atoms with Gasteiger partial charge in [-0.25, -0.2) is 0 Å². The van der Waals surface area contributed by atoms with Gasteiger partial charge < -0.3 is 9.47 Å². The summed E-state index contributed by atoms with van der Waals surface area (Å²) in [5, 5.41) is 9.02. The van der Waals surface area contributed by atoms with Crippen molar-refractivity contribution >= 4 is 0 Å². The van der Waals surface area contributed by atoms with E-state index in [1.807, 2.05) is 13.8 Å². The molecule has 3 rings (SSSR count). The van der Waals surface area contributed by atoms with Crippen molar-refractivity contribution in [2.45, 2.75) is 32.5 Å². The molecule has 3 nitrogen and oxygen atoms in total. The van der Waals surface area contributed by atoms with E-state index in [-0.39, 0.29) is 5.41 Å². The molecule has 3 heteroatoms. The average Bonchev–Trinajstić information content (AvgIpc) is 2.85. The molecule has 2 aliphatic carbocycles. The van der Waals surface area contributed by atoms with Crippen LogP contribution in [0, 0.1) is 34.5 Å². The van der Waals surface area contributed by atoms with Gasteiger partial charge in [0.15, 0.2) is 5.79 Å². The first kappa shape index (κ1) is 11.3. The number of nitriles is 1. The van der Waals surface area contributed by atoms with E-state index in [0.29, 0.717) is 24.2 Å². The van der Waals surface area contributed by atoms with Crippen LogP contribution in [0.25, 0.3) is 0 Å². The third-order valence-electron chi connectivity index (χ3n) is 4.80. The molecule has 2 bridgehead atoms. The summed E-state index contributed by atoms with van der Waals surface area (Å²) < 4.78 is 11.7. The summed E-state index contributed by atoms with van der Waals surface area (Å²) >= 11 is 0. The van der Waals surface area contributed by atoms with Crippen LogP contribution in [0.3, 0.4) is 0 Å². The maximum Gasteiger partial charge on any atom is 0.162 e. The first-order valence-electron chi connectivity index (χ1n) is 6.41. The topological polar surface area (TPSA) is 42.2 Å². The van der Waals surface area contributed by atoms with Crippen LogP contribution in [0.1, 0.15) is 26.7 Å². The van der Waals surface area contributed by atoms with Crippen LogP contribution in [0.4, 0.5) is 0 Å². The van der Waals surface area contributed by atoms with Gasteiger partial charge in [0.1, 0.15) is 0 Å². The zero-order valence-corrected chi connectivity index (χ0v) is 10.5. The van der Waals surface area contributed by atoms with Gasteiger partial charge >= 0.3 is 0 Å². The van der Waals surface area contributed by atoms with Gasteiger partial charge in [0, 0.05) is 11.8 Å². The van der Waals surface area contributed by atoms with Crippen LogP contribution in [0.2, 0.25) is 0 Å². The minimum absolute atomic E-state index is 0.0602. The predicted octanol–water partition coefficient (Wildman–Crippen LogP) is 2.49. The SMILES string of the molecule is CC1(C)OCC2(CO1)C1C=C[C@@H](C1)[C@@H]2CC#N. The number of nitrogens with zero attached hydrogens (tertiary/aromatic N) is 1. The Morgan fingerprint density at radius 1 is 1.29 bits per heavy atom. The van der Waals surface area contributed by atoms with Gasteiger partial charge in [-0.05, 0) is 38.0 Å².